The van der Waals surface area contributed by atoms with Gasteiger partial charge in [0.1, 0.15) is 0 Å². The van der Waals surface area contributed by atoms with Crippen LogP contribution in [0, 0.1) is 5.41 Å². The minimum absolute atomic E-state index is 0.321. The Morgan fingerprint density at radius 2 is 2.12 bits per heavy atom. The topological polar surface area (TPSA) is 55.6 Å². The molecule has 16 heavy (non-hydrogen) atoms. The Labute approximate surface area is 98.1 Å². The van der Waals surface area contributed by atoms with Crippen LogP contribution in [0.3, 0.4) is 0 Å². The summed E-state index contributed by atoms with van der Waals surface area (Å²) in [4.78, 5) is 13.6. The van der Waals surface area contributed by atoms with E-state index in [1.165, 1.54) is 0 Å². The lowest BCUT2D eigenvalue weighted by Gasteiger charge is -2.39. The highest BCUT2D eigenvalue weighted by atomic mass is 16.5. The highest BCUT2D eigenvalue weighted by molar-refractivity contribution is 5.83. The van der Waals surface area contributed by atoms with Crippen LogP contribution in [0.1, 0.15) is 34.1 Å². The third-order valence-electron chi connectivity index (χ3n) is 3.05. The molecule has 1 heterocycles. The number of carbonyl (C=O) groups excluding carboxylic acids is 1. The fourth-order valence-electron chi connectivity index (χ4n) is 1.78. The molecule has 1 atom stereocenters. The van der Waals surface area contributed by atoms with E-state index in [0.717, 1.165) is 19.5 Å². The summed E-state index contributed by atoms with van der Waals surface area (Å²) in [6, 6.07) is 0. The van der Waals surface area contributed by atoms with E-state index in [1.807, 2.05) is 0 Å². The smallest absolute Gasteiger partial charge is 0.250 e. The zero-order valence-corrected chi connectivity index (χ0v) is 10.9. The predicted octanol–water partition coefficient (Wildman–Crippen LogP) is 0.999. The minimum Gasteiger partial charge on any atom is -0.367 e. The van der Waals surface area contributed by atoms with E-state index in [2.05, 4.69) is 25.7 Å². The molecule has 0 aliphatic carbocycles. The molecule has 94 valence electrons. The number of ether oxygens (including phenoxy) is 1. The monoisotopic (exact) mass is 228 g/mol. The van der Waals surface area contributed by atoms with Crippen molar-refractivity contribution >= 4 is 5.91 Å². The Kier molecular flexibility index (Phi) is 3.97. The molecule has 1 fully saturated rings. The second-order valence-corrected chi connectivity index (χ2v) is 6.03. The maximum absolute atomic E-state index is 11.3. The molecule has 4 nitrogen and oxygen atoms in total. The van der Waals surface area contributed by atoms with Crippen molar-refractivity contribution in [2.24, 2.45) is 11.1 Å². The van der Waals surface area contributed by atoms with Gasteiger partial charge in [0.05, 0.1) is 6.61 Å². The molecule has 0 spiro atoms. The average molecular weight is 228 g/mol. The van der Waals surface area contributed by atoms with Crippen LogP contribution in [0.4, 0.5) is 0 Å². The molecule has 1 aliphatic heterocycles. The zero-order valence-electron chi connectivity index (χ0n) is 10.9. The molecule has 1 saturated heterocycles. The Balaban J connectivity index is 2.48. The summed E-state index contributed by atoms with van der Waals surface area (Å²) in [5, 5.41) is 0. The molecule has 2 N–H and O–H groups in total. The number of rotatable bonds is 3. The third-order valence-corrected chi connectivity index (χ3v) is 3.05. The molecule has 0 aromatic rings. The van der Waals surface area contributed by atoms with Crippen LogP contribution in [0.5, 0.6) is 0 Å². The van der Waals surface area contributed by atoms with Crippen molar-refractivity contribution in [1.29, 1.82) is 0 Å². The molecule has 0 bridgehead atoms. The normalized spacial score (nSPS) is 28.0. The number of morpholine rings is 1. The number of nitrogens with zero attached hydrogens (tertiary/aromatic N) is 1. The van der Waals surface area contributed by atoms with Crippen LogP contribution in [-0.4, -0.2) is 42.6 Å². The molecule has 4 heteroatoms. The van der Waals surface area contributed by atoms with Crippen molar-refractivity contribution in [3.63, 3.8) is 0 Å². The third kappa shape index (κ3) is 3.76. The first-order chi connectivity index (χ1) is 7.23. The summed E-state index contributed by atoms with van der Waals surface area (Å²) in [6.07, 6.45) is 1.11. The average Bonchev–Trinajstić information content (AvgIpc) is 2.14. The van der Waals surface area contributed by atoms with Gasteiger partial charge >= 0.3 is 0 Å². The van der Waals surface area contributed by atoms with E-state index >= 15 is 0 Å². The molecule has 1 amide bonds. The molecule has 0 saturated carbocycles. The van der Waals surface area contributed by atoms with Gasteiger partial charge < -0.3 is 10.5 Å². The van der Waals surface area contributed by atoms with Gasteiger partial charge in [0.25, 0.3) is 5.91 Å². The lowest BCUT2D eigenvalue weighted by atomic mass is 9.91. The number of nitrogens with two attached hydrogens (primary N) is 1. The molecular formula is C12H24N2O2. The van der Waals surface area contributed by atoms with Crippen molar-refractivity contribution in [2.75, 3.05) is 26.2 Å². The van der Waals surface area contributed by atoms with Gasteiger partial charge in [0.2, 0.25) is 0 Å². The van der Waals surface area contributed by atoms with Gasteiger partial charge in [-0.2, -0.15) is 0 Å². The van der Waals surface area contributed by atoms with Crippen LogP contribution < -0.4 is 5.73 Å². The number of hydrogen-bond acceptors (Lipinski definition) is 3. The van der Waals surface area contributed by atoms with Crippen LogP contribution in [0.2, 0.25) is 0 Å². The summed E-state index contributed by atoms with van der Waals surface area (Å²) < 4.78 is 5.47. The van der Waals surface area contributed by atoms with Crippen LogP contribution in [-0.2, 0) is 9.53 Å². The second kappa shape index (κ2) is 4.72. The maximum Gasteiger partial charge on any atom is 0.250 e. The first-order valence-electron chi connectivity index (χ1n) is 5.89. The summed E-state index contributed by atoms with van der Waals surface area (Å²) in [6.45, 7) is 11.5. The van der Waals surface area contributed by atoms with Gasteiger partial charge in [0, 0.05) is 13.1 Å². The van der Waals surface area contributed by atoms with Gasteiger partial charge in [-0.25, -0.2) is 0 Å². The van der Waals surface area contributed by atoms with Crippen LogP contribution in [0.15, 0.2) is 0 Å². The van der Waals surface area contributed by atoms with Gasteiger partial charge in [-0.3, -0.25) is 9.69 Å². The molecule has 0 unspecified atom stereocenters. The van der Waals surface area contributed by atoms with Crippen molar-refractivity contribution < 1.29 is 9.53 Å². The second-order valence-electron chi connectivity index (χ2n) is 6.03. The zero-order chi connectivity index (χ0) is 12.4. The van der Waals surface area contributed by atoms with Gasteiger partial charge in [-0.1, -0.05) is 20.8 Å². The highest BCUT2D eigenvalue weighted by Crippen LogP contribution is 2.22. The van der Waals surface area contributed by atoms with E-state index in [-0.39, 0.29) is 5.91 Å². The Morgan fingerprint density at radius 3 is 2.62 bits per heavy atom. The number of primary amides is 1. The van der Waals surface area contributed by atoms with E-state index in [1.54, 1.807) is 6.92 Å². The van der Waals surface area contributed by atoms with Gasteiger partial charge in [-0.15, -0.1) is 0 Å². The molecule has 1 aliphatic rings. The Hall–Kier alpha value is -0.610. The first-order valence-corrected chi connectivity index (χ1v) is 5.89. The fraction of sp³-hybridized carbons (Fsp3) is 0.917. The van der Waals surface area contributed by atoms with Crippen molar-refractivity contribution in [1.82, 2.24) is 4.90 Å². The van der Waals surface area contributed by atoms with Crippen molar-refractivity contribution in [3.05, 3.63) is 0 Å². The lowest BCUT2D eigenvalue weighted by Crippen LogP contribution is -2.57. The lowest BCUT2D eigenvalue weighted by molar-refractivity contribution is -0.153. The molecule has 0 aromatic heterocycles. The van der Waals surface area contributed by atoms with E-state index in [4.69, 9.17) is 10.5 Å². The minimum atomic E-state index is -0.809. The van der Waals surface area contributed by atoms with Crippen LogP contribution >= 0.6 is 0 Å². The summed E-state index contributed by atoms with van der Waals surface area (Å²) in [5.41, 5.74) is 4.87. The summed E-state index contributed by atoms with van der Waals surface area (Å²) >= 11 is 0. The number of hydrogen-bond donors (Lipinski definition) is 1. The van der Waals surface area contributed by atoms with E-state index in [0.29, 0.717) is 18.6 Å². The van der Waals surface area contributed by atoms with Gasteiger partial charge in [-0.05, 0) is 25.3 Å². The van der Waals surface area contributed by atoms with E-state index in [9.17, 15) is 4.79 Å². The van der Waals surface area contributed by atoms with E-state index < -0.39 is 5.60 Å². The summed E-state index contributed by atoms with van der Waals surface area (Å²) in [5.74, 6) is -0.368. The molecule has 1 rings (SSSR count). The highest BCUT2D eigenvalue weighted by Gasteiger charge is 2.37. The molecule has 0 radical (unpaired) electrons. The number of amides is 1. The maximum atomic E-state index is 11.3. The quantitative estimate of drug-likeness (QED) is 0.784. The molecule has 0 aromatic carbocycles. The summed E-state index contributed by atoms with van der Waals surface area (Å²) in [7, 11) is 0. The van der Waals surface area contributed by atoms with Crippen molar-refractivity contribution in [3.8, 4) is 0 Å². The van der Waals surface area contributed by atoms with Gasteiger partial charge in [0.15, 0.2) is 5.60 Å². The number of carbonyl (C=O) groups is 1. The molecular weight excluding hydrogens is 204 g/mol. The Morgan fingerprint density at radius 1 is 1.50 bits per heavy atom. The fourth-order valence-corrected chi connectivity index (χ4v) is 1.78. The SMILES string of the molecule is CC(C)(C)CCN1CCO[C@](C)(C(N)=O)C1. The Bertz CT molecular complexity index is 260. The van der Waals surface area contributed by atoms with Crippen molar-refractivity contribution in [2.45, 2.75) is 39.7 Å². The standard InChI is InChI=1S/C12H24N2O2/c1-11(2,3)5-6-14-7-8-16-12(4,9-14)10(13)15/h5-9H2,1-4H3,(H2,13,15)/t12-/m0/s1. The first kappa shape index (κ1) is 13.5. The predicted molar refractivity (Wildman–Crippen MR) is 64.1 cm³/mol. The largest absolute Gasteiger partial charge is 0.367 e. The van der Waals surface area contributed by atoms with Crippen LogP contribution in [0.25, 0.3) is 0 Å².